The first kappa shape index (κ1) is 17.0. The number of nitro groups is 1. The molecule has 0 heterocycles. The van der Waals surface area contributed by atoms with Crippen molar-refractivity contribution < 1.29 is 9.72 Å². The van der Waals surface area contributed by atoms with Gasteiger partial charge in [-0.2, -0.15) is 0 Å². The predicted octanol–water partition coefficient (Wildman–Crippen LogP) is 4.13. The SMILES string of the molecule is CCN(C(=O)C(C)Sc1ccc([N+](=O)[O-])cc1)c1ccccc1. The van der Waals surface area contributed by atoms with E-state index in [9.17, 15) is 14.9 Å². The van der Waals surface area contributed by atoms with Crippen LogP contribution >= 0.6 is 11.8 Å². The van der Waals surface area contributed by atoms with Gasteiger partial charge in [0.15, 0.2) is 0 Å². The minimum absolute atomic E-state index is 0.0158. The van der Waals surface area contributed by atoms with Crippen LogP contribution in [0.5, 0.6) is 0 Å². The summed E-state index contributed by atoms with van der Waals surface area (Å²) in [6.45, 7) is 4.38. The largest absolute Gasteiger partial charge is 0.312 e. The molecule has 0 aliphatic carbocycles. The van der Waals surface area contributed by atoms with Gasteiger partial charge >= 0.3 is 0 Å². The maximum absolute atomic E-state index is 12.7. The maximum Gasteiger partial charge on any atom is 0.269 e. The van der Waals surface area contributed by atoms with Crippen LogP contribution in [-0.2, 0) is 4.79 Å². The van der Waals surface area contributed by atoms with Crippen LogP contribution < -0.4 is 4.90 Å². The Morgan fingerprint density at radius 1 is 1.17 bits per heavy atom. The Hall–Kier alpha value is -2.34. The molecule has 0 saturated heterocycles. The summed E-state index contributed by atoms with van der Waals surface area (Å²) in [5.74, 6) is 0.0158. The first-order valence-corrected chi connectivity index (χ1v) is 8.18. The van der Waals surface area contributed by atoms with Crippen LogP contribution in [0.15, 0.2) is 59.5 Å². The van der Waals surface area contributed by atoms with E-state index in [1.54, 1.807) is 17.0 Å². The summed E-state index contributed by atoms with van der Waals surface area (Å²) in [5, 5.41) is 10.4. The Bertz CT molecular complexity index is 674. The monoisotopic (exact) mass is 330 g/mol. The van der Waals surface area contributed by atoms with Gasteiger partial charge < -0.3 is 4.90 Å². The van der Waals surface area contributed by atoms with E-state index in [0.717, 1.165) is 10.6 Å². The molecule has 0 aromatic heterocycles. The quantitative estimate of drug-likeness (QED) is 0.454. The van der Waals surface area contributed by atoms with Gasteiger partial charge in [-0.25, -0.2) is 0 Å². The highest BCUT2D eigenvalue weighted by Gasteiger charge is 2.21. The minimum Gasteiger partial charge on any atom is -0.312 e. The minimum atomic E-state index is -0.433. The average Bonchev–Trinajstić information content (AvgIpc) is 2.57. The second kappa shape index (κ2) is 7.78. The second-order valence-electron chi connectivity index (χ2n) is 4.93. The smallest absolute Gasteiger partial charge is 0.269 e. The molecule has 0 saturated carbocycles. The maximum atomic E-state index is 12.7. The van der Waals surface area contributed by atoms with Gasteiger partial charge in [-0.15, -0.1) is 11.8 Å². The lowest BCUT2D eigenvalue weighted by Gasteiger charge is -2.24. The number of nitrogens with zero attached hydrogens (tertiary/aromatic N) is 2. The first-order chi connectivity index (χ1) is 11.0. The predicted molar refractivity (Wildman–Crippen MR) is 92.9 cm³/mol. The molecule has 1 atom stereocenters. The average molecular weight is 330 g/mol. The number of hydrogen-bond donors (Lipinski definition) is 0. The van der Waals surface area contributed by atoms with Crippen LogP contribution in [0.2, 0.25) is 0 Å². The molecule has 0 bridgehead atoms. The molecule has 1 unspecified atom stereocenters. The third-order valence-electron chi connectivity index (χ3n) is 3.36. The third kappa shape index (κ3) is 4.32. The van der Waals surface area contributed by atoms with Crippen molar-refractivity contribution in [3.05, 3.63) is 64.7 Å². The molecule has 0 N–H and O–H groups in total. The van der Waals surface area contributed by atoms with Crippen molar-refractivity contribution in [3.8, 4) is 0 Å². The summed E-state index contributed by atoms with van der Waals surface area (Å²) in [6, 6.07) is 15.8. The molecular weight excluding hydrogens is 312 g/mol. The molecule has 2 aromatic rings. The third-order valence-corrected chi connectivity index (χ3v) is 4.46. The van der Waals surface area contributed by atoms with Crippen LogP contribution in [0.3, 0.4) is 0 Å². The number of benzene rings is 2. The molecular formula is C17H18N2O3S. The van der Waals surface area contributed by atoms with Gasteiger partial charge in [0.25, 0.3) is 5.69 Å². The number of amides is 1. The number of anilines is 1. The van der Waals surface area contributed by atoms with E-state index in [1.165, 1.54) is 23.9 Å². The van der Waals surface area contributed by atoms with Crippen LogP contribution in [0.4, 0.5) is 11.4 Å². The summed E-state index contributed by atoms with van der Waals surface area (Å²) < 4.78 is 0. The van der Waals surface area contributed by atoms with Gasteiger partial charge in [0.05, 0.1) is 10.2 Å². The summed E-state index contributed by atoms with van der Waals surface area (Å²) in [5.41, 5.74) is 0.920. The van der Waals surface area contributed by atoms with E-state index >= 15 is 0 Å². The number of non-ortho nitro benzene ring substituents is 1. The van der Waals surface area contributed by atoms with Crippen LogP contribution in [0, 0.1) is 10.1 Å². The summed E-state index contributed by atoms with van der Waals surface area (Å²) >= 11 is 1.40. The fourth-order valence-corrected chi connectivity index (χ4v) is 3.12. The lowest BCUT2D eigenvalue weighted by atomic mass is 10.2. The molecule has 0 aliphatic heterocycles. The fourth-order valence-electron chi connectivity index (χ4n) is 2.19. The molecule has 0 fully saturated rings. The molecule has 2 rings (SSSR count). The number of nitro benzene ring substituents is 1. The van der Waals surface area contributed by atoms with Crippen LogP contribution in [0.1, 0.15) is 13.8 Å². The fraction of sp³-hybridized carbons (Fsp3) is 0.235. The highest BCUT2D eigenvalue weighted by molar-refractivity contribution is 8.00. The molecule has 0 radical (unpaired) electrons. The number of hydrogen-bond acceptors (Lipinski definition) is 4. The number of carbonyl (C=O) groups is 1. The van der Waals surface area contributed by atoms with Gasteiger partial charge in [-0.3, -0.25) is 14.9 Å². The van der Waals surface area contributed by atoms with Gasteiger partial charge in [0, 0.05) is 29.3 Å². The topological polar surface area (TPSA) is 63.5 Å². The Morgan fingerprint density at radius 3 is 2.30 bits per heavy atom. The molecule has 23 heavy (non-hydrogen) atoms. The first-order valence-electron chi connectivity index (χ1n) is 7.30. The van der Waals surface area contributed by atoms with E-state index in [1.807, 2.05) is 44.2 Å². The van der Waals surface area contributed by atoms with Crippen molar-refractivity contribution in [1.29, 1.82) is 0 Å². The Balaban J connectivity index is 2.08. The Kier molecular flexibility index (Phi) is 5.76. The Morgan fingerprint density at radius 2 is 1.78 bits per heavy atom. The van der Waals surface area contributed by atoms with E-state index in [0.29, 0.717) is 6.54 Å². The van der Waals surface area contributed by atoms with Crippen LogP contribution in [0.25, 0.3) is 0 Å². The van der Waals surface area contributed by atoms with Crippen molar-refractivity contribution in [2.24, 2.45) is 0 Å². The highest BCUT2D eigenvalue weighted by Crippen LogP contribution is 2.27. The van der Waals surface area contributed by atoms with Crippen molar-refractivity contribution in [1.82, 2.24) is 0 Å². The molecule has 2 aromatic carbocycles. The summed E-state index contributed by atoms with van der Waals surface area (Å²) in [4.78, 5) is 25.5. The zero-order valence-electron chi connectivity index (χ0n) is 13.0. The number of thioether (sulfide) groups is 1. The van der Waals surface area contributed by atoms with Crippen LogP contribution in [-0.4, -0.2) is 22.6 Å². The molecule has 5 nitrogen and oxygen atoms in total. The van der Waals surface area contributed by atoms with Gasteiger partial charge in [-0.1, -0.05) is 18.2 Å². The lowest BCUT2D eigenvalue weighted by Crippen LogP contribution is -2.36. The zero-order valence-corrected chi connectivity index (χ0v) is 13.8. The molecule has 120 valence electrons. The summed E-state index contributed by atoms with van der Waals surface area (Å²) in [7, 11) is 0. The van der Waals surface area contributed by atoms with Crippen molar-refractivity contribution in [3.63, 3.8) is 0 Å². The molecule has 0 spiro atoms. The standard InChI is InChI=1S/C17H18N2O3S/c1-3-18(14-7-5-4-6-8-14)17(20)13(2)23-16-11-9-15(10-12-16)19(21)22/h4-13H,3H2,1-2H3. The van der Waals surface area contributed by atoms with E-state index in [-0.39, 0.29) is 16.8 Å². The van der Waals surface area contributed by atoms with E-state index < -0.39 is 4.92 Å². The van der Waals surface area contributed by atoms with Crippen molar-refractivity contribution >= 4 is 29.0 Å². The molecule has 6 heteroatoms. The van der Waals surface area contributed by atoms with Crippen molar-refractivity contribution in [2.75, 3.05) is 11.4 Å². The molecule has 0 aliphatic rings. The molecule has 1 amide bonds. The van der Waals surface area contributed by atoms with Gasteiger partial charge in [-0.05, 0) is 38.1 Å². The van der Waals surface area contributed by atoms with E-state index in [4.69, 9.17) is 0 Å². The van der Waals surface area contributed by atoms with Crippen molar-refractivity contribution in [2.45, 2.75) is 24.0 Å². The highest BCUT2D eigenvalue weighted by atomic mass is 32.2. The Labute approximate surface area is 139 Å². The second-order valence-corrected chi connectivity index (χ2v) is 6.34. The van der Waals surface area contributed by atoms with E-state index in [2.05, 4.69) is 0 Å². The normalized spacial score (nSPS) is 11.7. The lowest BCUT2D eigenvalue weighted by molar-refractivity contribution is -0.384. The van der Waals surface area contributed by atoms with Gasteiger partial charge in [0.1, 0.15) is 0 Å². The number of rotatable bonds is 6. The zero-order chi connectivity index (χ0) is 16.8. The summed E-state index contributed by atoms with van der Waals surface area (Å²) in [6.07, 6.45) is 0. The number of para-hydroxylation sites is 1. The van der Waals surface area contributed by atoms with Gasteiger partial charge in [0.2, 0.25) is 5.91 Å². The number of carbonyl (C=O) groups excluding carboxylic acids is 1.